The lowest BCUT2D eigenvalue weighted by atomic mass is 10.2. The molecule has 3 aromatic rings. The zero-order valence-corrected chi connectivity index (χ0v) is 18.8. The molecule has 10 heteroatoms. The van der Waals surface area contributed by atoms with Gasteiger partial charge in [0.1, 0.15) is 12.3 Å². The lowest BCUT2D eigenvalue weighted by Gasteiger charge is -2.11. The summed E-state index contributed by atoms with van der Waals surface area (Å²) < 4.78 is 7.97. The number of methoxy groups -OCH3 is 1. The molecule has 0 atom stereocenters. The number of ether oxygens (including phenoxy) is 1. The molecule has 0 radical (unpaired) electrons. The van der Waals surface area contributed by atoms with Crippen LogP contribution in [0.25, 0.3) is 11.4 Å². The number of anilines is 1. The van der Waals surface area contributed by atoms with Crippen LogP contribution < -0.4 is 15.4 Å². The fourth-order valence-electron chi connectivity index (χ4n) is 2.76. The maximum absolute atomic E-state index is 12.4. The number of halogens is 1. The average molecular weight is 490 g/mol. The largest absolute Gasteiger partial charge is 0.497 e. The predicted molar refractivity (Wildman–Crippen MR) is 120 cm³/mol. The smallest absolute Gasteiger partial charge is 0.243 e. The Balaban J connectivity index is 1.61. The number of amides is 2. The summed E-state index contributed by atoms with van der Waals surface area (Å²) in [5.41, 5.74) is 2.38. The minimum atomic E-state index is -0.357. The van der Waals surface area contributed by atoms with Gasteiger partial charge in [-0.3, -0.25) is 19.3 Å². The number of hydrogen-bond donors (Lipinski definition) is 3. The van der Waals surface area contributed by atoms with Gasteiger partial charge in [0.05, 0.1) is 13.7 Å². The van der Waals surface area contributed by atoms with E-state index in [0.717, 1.165) is 15.6 Å². The van der Waals surface area contributed by atoms with E-state index in [9.17, 15) is 9.59 Å². The Morgan fingerprint density at radius 3 is 2.60 bits per heavy atom. The van der Waals surface area contributed by atoms with Crippen LogP contribution in [-0.2, 0) is 16.1 Å². The average Bonchev–Trinajstić information content (AvgIpc) is 3.09. The van der Waals surface area contributed by atoms with Crippen molar-refractivity contribution in [1.82, 2.24) is 20.1 Å². The van der Waals surface area contributed by atoms with Gasteiger partial charge in [-0.25, -0.2) is 0 Å². The molecule has 0 fully saturated rings. The number of carbonyl (C=O) groups excluding carboxylic acids is 2. The molecule has 0 aliphatic heterocycles. The van der Waals surface area contributed by atoms with Gasteiger partial charge in [0.15, 0.2) is 10.6 Å². The van der Waals surface area contributed by atoms with Gasteiger partial charge in [0.25, 0.3) is 0 Å². The van der Waals surface area contributed by atoms with Crippen molar-refractivity contribution in [1.29, 1.82) is 0 Å². The van der Waals surface area contributed by atoms with E-state index >= 15 is 0 Å². The number of benzene rings is 2. The van der Waals surface area contributed by atoms with Gasteiger partial charge in [-0.15, -0.1) is 0 Å². The molecule has 3 rings (SSSR count). The number of hydrogen-bond acceptors (Lipinski definition) is 5. The van der Waals surface area contributed by atoms with Crippen LogP contribution >= 0.6 is 28.1 Å². The molecule has 1 aromatic heterocycles. The maximum atomic E-state index is 12.4. The summed E-state index contributed by atoms with van der Waals surface area (Å²) in [6, 6.07) is 12.8. The third kappa shape index (κ3) is 5.33. The highest BCUT2D eigenvalue weighted by atomic mass is 79.9. The molecule has 0 aliphatic rings. The van der Waals surface area contributed by atoms with Crippen molar-refractivity contribution in [2.75, 3.05) is 19.0 Å². The van der Waals surface area contributed by atoms with Crippen LogP contribution in [0.5, 0.6) is 5.75 Å². The second-order valence-corrected chi connectivity index (χ2v) is 7.75. The third-order valence-electron chi connectivity index (χ3n) is 4.32. The van der Waals surface area contributed by atoms with E-state index in [-0.39, 0.29) is 24.9 Å². The molecular formula is C20H20BrN5O3S. The lowest BCUT2D eigenvalue weighted by Crippen LogP contribution is -2.35. The molecular weight excluding hydrogens is 470 g/mol. The second kappa shape index (κ2) is 9.68. The fraction of sp³-hybridized carbons (Fsp3) is 0.200. The molecule has 2 amide bonds. The van der Waals surface area contributed by atoms with E-state index in [1.54, 1.807) is 29.9 Å². The first-order valence-electron chi connectivity index (χ1n) is 8.99. The normalized spacial score (nSPS) is 10.5. The first kappa shape index (κ1) is 21.7. The van der Waals surface area contributed by atoms with Gasteiger partial charge in [0.2, 0.25) is 11.8 Å². The van der Waals surface area contributed by atoms with Crippen LogP contribution in [0.2, 0.25) is 0 Å². The number of carbonyl (C=O) groups is 2. The molecule has 2 aromatic carbocycles. The Bertz CT molecular complexity index is 1120. The highest BCUT2D eigenvalue weighted by molar-refractivity contribution is 9.10. The molecule has 0 unspecified atom stereocenters. The van der Waals surface area contributed by atoms with Crippen LogP contribution in [0.1, 0.15) is 5.56 Å². The van der Waals surface area contributed by atoms with Gasteiger partial charge in [-0.05, 0) is 67.2 Å². The lowest BCUT2D eigenvalue weighted by molar-refractivity contribution is -0.124. The summed E-state index contributed by atoms with van der Waals surface area (Å²) in [5.74, 6) is 0.557. The topological polar surface area (TPSA) is 101 Å². The van der Waals surface area contributed by atoms with Crippen molar-refractivity contribution < 1.29 is 14.3 Å². The first-order chi connectivity index (χ1) is 14.4. The fourth-order valence-corrected chi connectivity index (χ4v) is 3.44. The van der Waals surface area contributed by atoms with Crippen molar-refractivity contribution in [3.8, 4) is 17.1 Å². The van der Waals surface area contributed by atoms with Crippen molar-refractivity contribution in [2.45, 2.75) is 13.5 Å². The Labute approximate surface area is 186 Å². The predicted octanol–water partition coefficient (Wildman–Crippen LogP) is 3.44. The van der Waals surface area contributed by atoms with E-state index < -0.39 is 0 Å². The van der Waals surface area contributed by atoms with Crippen molar-refractivity contribution in [3.05, 3.63) is 57.3 Å². The molecule has 0 aliphatic carbocycles. The molecule has 1 heterocycles. The van der Waals surface area contributed by atoms with E-state index in [0.29, 0.717) is 22.0 Å². The Morgan fingerprint density at radius 1 is 1.20 bits per heavy atom. The molecule has 8 nitrogen and oxygen atoms in total. The number of H-pyrrole nitrogens is 1. The number of aromatic nitrogens is 3. The van der Waals surface area contributed by atoms with Gasteiger partial charge in [0, 0.05) is 15.7 Å². The Morgan fingerprint density at radius 2 is 1.93 bits per heavy atom. The second-order valence-electron chi connectivity index (χ2n) is 6.45. The standard InChI is InChI=1S/C20H20BrN5O3S/c1-12-9-14(21)5-8-16(12)23-17(27)10-22-18(28)11-26-19(24-25-20(26)30)13-3-6-15(29-2)7-4-13/h3-9H,10-11H2,1-2H3,(H,22,28)(H,23,27)(H,25,30). The minimum absolute atomic E-state index is 0.0682. The Kier molecular flexibility index (Phi) is 7.01. The van der Waals surface area contributed by atoms with Crippen LogP contribution in [0.15, 0.2) is 46.9 Å². The van der Waals surface area contributed by atoms with Crippen LogP contribution in [-0.4, -0.2) is 40.2 Å². The third-order valence-corrected chi connectivity index (χ3v) is 5.12. The monoisotopic (exact) mass is 489 g/mol. The van der Waals surface area contributed by atoms with Crippen LogP contribution in [0.3, 0.4) is 0 Å². The quantitative estimate of drug-likeness (QED) is 0.441. The number of aryl methyl sites for hydroxylation is 1. The van der Waals surface area contributed by atoms with E-state index in [1.165, 1.54) is 0 Å². The van der Waals surface area contributed by atoms with Crippen molar-refractivity contribution in [2.24, 2.45) is 0 Å². The highest BCUT2D eigenvalue weighted by Gasteiger charge is 2.14. The van der Waals surface area contributed by atoms with Gasteiger partial charge in [-0.1, -0.05) is 15.9 Å². The summed E-state index contributed by atoms with van der Waals surface area (Å²) >= 11 is 8.63. The number of nitrogens with one attached hydrogen (secondary N) is 3. The number of nitrogens with zero attached hydrogens (tertiary/aromatic N) is 2. The summed E-state index contributed by atoms with van der Waals surface area (Å²) in [4.78, 5) is 24.6. The zero-order chi connectivity index (χ0) is 21.7. The number of rotatable bonds is 7. The summed E-state index contributed by atoms with van der Waals surface area (Å²) in [6.45, 7) is 1.67. The molecule has 0 saturated heterocycles. The van der Waals surface area contributed by atoms with Gasteiger partial charge in [-0.2, -0.15) is 5.10 Å². The van der Waals surface area contributed by atoms with E-state index in [4.69, 9.17) is 17.0 Å². The van der Waals surface area contributed by atoms with Gasteiger partial charge >= 0.3 is 0 Å². The molecule has 30 heavy (non-hydrogen) atoms. The maximum Gasteiger partial charge on any atom is 0.243 e. The molecule has 3 N–H and O–H groups in total. The minimum Gasteiger partial charge on any atom is -0.497 e. The number of aromatic amines is 1. The first-order valence-corrected chi connectivity index (χ1v) is 10.2. The van der Waals surface area contributed by atoms with Crippen molar-refractivity contribution in [3.63, 3.8) is 0 Å². The molecule has 0 bridgehead atoms. The molecule has 156 valence electrons. The van der Waals surface area contributed by atoms with E-state index in [1.807, 2.05) is 31.2 Å². The summed E-state index contributed by atoms with van der Waals surface area (Å²) in [7, 11) is 1.59. The van der Waals surface area contributed by atoms with E-state index in [2.05, 4.69) is 36.8 Å². The molecule has 0 saturated carbocycles. The Hall–Kier alpha value is -2.98. The summed E-state index contributed by atoms with van der Waals surface area (Å²) in [6.07, 6.45) is 0. The molecule has 0 spiro atoms. The van der Waals surface area contributed by atoms with Crippen LogP contribution in [0.4, 0.5) is 5.69 Å². The zero-order valence-electron chi connectivity index (χ0n) is 16.4. The summed E-state index contributed by atoms with van der Waals surface area (Å²) in [5, 5.41) is 12.3. The van der Waals surface area contributed by atoms with Crippen molar-refractivity contribution >= 4 is 45.6 Å². The SMILES string of the molecule is COc1ccc(-c2n[nH]c(=S)n2CC(=O)NCC(=O)Nc2ccc(Br)cc2C)cc1. The van der Waals surface area contributed by atoms with Gasteiger partial charge < -0.3 is 15.4 Å². The highest BCUT2D eigenvalue weighted by Crippen LogP contribution is 2.21. The van der Waals surface area contributed by atoms with Crippen LogP contribution in [0, 0.1) is 11.7 Å².